The van der Waals surface area contributed by atoms with E-state index in [9.17, 15) is 9.59 Å². The van der Waals surface area contributed by atoms with Gasteiger partial charge < -0.3 is 4.42 Å². The third-order valence-corrected chi connectivity index (χ3v) is 5.72. The van der Waals surface area contributed by atoms with Crippen LogP contribution in [0, 0.1) is 6.92 Å². The van der Waals surface area contributed by atoms with E-state index in [2.05, 4.69) is 15.5 Å². The number of furan rings is 1. The lowest BCUT2D eigenvalue weighted by Gasteiger charge is -2.09. The Balaban J connectivity index is 1.56. The van der Waals surface area contributed by atoms with Gasteiger partial charge in [0.2, 0.25) is 0 Å². The zero-order valence-corrected chi connectivity index (χ0v) is 17.6. The van der Waals surface area contributed by atoms with Gasteiger partial charge in [-0.25, -0.2) is 14.3 Å². The molecule has 0 unspecified atom stereocenters. The van der Waals surface area contributed by atoms with Gasteiger partial charge in [0, 0.05) is 11.1 Å². The summed E-state index contributed by atoms with van der Waals surface area (Å²) in [7, 11) is 0. The van der Waals surface area contributed by atoms with Gasteiger partial charge in [-0.1, -0.05) is 11.6 Å². The number of hydrogen-bond donors (Lipinski definition) is 1. The van der Waals surface area contributed by atoms with Gasteiger partial charge in [0.1, 0.15) is 16.3 Å². The number of benzene rings is 1. The van der Waals surface area contributed by atoms with Gasteiger partial charge in [-0.05, 0) is 54.8 Å². The molecule has 0 aliphatic rings. The van der Waals surface area contributed by atoms with E-state index in [4.69, 9.17) is 16.0 Å². The van der Waals surface area contributed by atoms with Crippen LogP contribution in [0.2, 0.25) is 5.02 Å². The van der Waals surface area contributed by atoms with Crippen LogP contribution in [0.1, 0.15) is 16.3 Å². The summed E-state index contributed by atoms with van der Waals surface area (Å²) < 4.78 is 8.23. The van der Waals surface area contributed by atoms with Crippen LogP contribution in [0.25, 0.3) is 27.4 Å². The number of halogens is 1. The number of rotatable bonds is 4. The molecule has 31 heavy (non-hydrogen) atoms. The maximum atomic E-state index is 13.0. The van der Waals surface area contributed by atoms with E-state index in [-0.39, 0.29) is 11.3 Å². The minimum absolute atomic E-state index is 0.109. The second-order valence-corrected chi connectivity index (χ2v) is 7.99. The molecule has 154 valence electrons. The number of nitrogens with one attached hydrogen (secondary N) is 1. The minimum Gasteiger partial charge on any atom is -0.463 e. The second kappa shape index (κ2) is 7.53. The average Bonchev–Trinajstić information content (AvgIpc) is 3.51. The van der Waals surface area contributed by atoms with Crippen LogP contribution in [0.3, 0.4) is 0 Å². The molecule has 0 bridgehead atoms. The van der Waals surface area contributed by atoms with Crippen molar-refractivity contribution in [1.29, 1.82) is 0 Å². The van der Waals surface area contributed by atoms with Gasteiger partial charge in [0.05, 0.1) is 17.3 Å². The molecule has 1 amide bonds. The van der Waals surface area contributed by atoms with Crippen LogP contribution in [-0.2, 0) is 0 Å². The first-order valence-electron chi connectivity index (χ1n) is 9.19. The summed E-state index contributed by atoms with van der Waals surface area (Å²) in [5.74, 6) is 0.356. The SMILES string of the molecule is Cc1nc2sccc2c(=O)n1NC(=O)c1cc(-c2ccco2)n(-c2ccc(Cl)cc2)n1. The van der Waals surface area contributed by atoms with Crippen molar-refractivity contribution in [2.24, 2.45) is 0 Å². The van der Waals surface area contributed by atoms with Gasteiger partial charge in [0.15, 0.2) is 11.5 Å². The Kier molecular flexibility index (Phi) is 4.68. The summed E-state index contributed by atoms with van der Waals surface area (Å²) in [6, 6.07) is 13.8. The van der Waals surface area contributed by atoms with Crippen LogP contribution in [0.4, 0.5) is 0 Å². The van der Waals surface area contributed by atoms with Crippen LogP contribution in [0.5, 0.6) is 0 Å². The molecule has 0 radical (unpaired) electrons. The standard InChI is InChI=1S/C21H14ClN5O3S/c1-12-23-20-15(8-10-31-20)21(29)26(12)25-19(28)16-11-17(18-3-2-9-30-18)27(24-16)14-6-4-13(22)5-7-14/h2-11H,1H3,(H,25,28). The number of nitrogens with zero attached hydrogens (tertiary/aromatic N) is 4. The number of thiophene rings is 1. The zero-order chi connectivity index (χ0) is 21.5. The number of fused-ring (bicyclic) bond motifs is 1. The van der Waals surface area contributed by atoms with E-state index in [1.165, 1.54) is 11.3 Å². The van der Waals surface area contributed by atoms with E-state index in [0.717, 1.165) is 4.68 Å². The Morgan fingerprint density at radius 1 is 1.19 bits per heavy atom. The summed E-state index contributed by atoms with van der Waals surface area (Å²) in [6.07, 6.45) is 1.54. The van der Waals surface area contributed by atoms with Crippen LogP contribution >= 0.6 is 22.9 Å². The Hall–Kier alpha value is -3.69. The van der Waals surface area contributed by atoms with Crippen molar-refractivity contribution in [3.8, 4) is 17.1 Å². The topological polar surface area (TPSA) is 95.0 Å². The lowest BCUT2D eigenvalue weighted by atomic mass is 10.2. The molecule has 5 aromatic rings. The van der Waals surface area contributed by atoms with Crippen LogP contribution in [-0.4, -0.2) is 25.3 Å². The van der Waals surface area contributed by atoms with Crippen LogP contribution < -0.4 is 11.0 Å². The van der Waals surface area contributed by atoms with E-state index in [1.807, 2.05) is 0 Å². The fourth-order valence-electron chi connectivity index (χ4n) is 3.18. The summed E-state index contributed by atoms with van der Waals surface area (Å²) >= 11 is 7.37. The molecule has 4 heterocycles. The van der Waals surface area contributed by atoms with Crippen molar-refractivity contribution in [3.63, 3.8) is 0 Å². The number of aryl methyl sites for hydroxylation is 1. The van der Waals surface area contributed by atoms with Crippen molar-refractivity contribution >= 4 is 39.1 Å². The molecule has 0 atom stereocenters. The largest absolute Gasteiger partial charge is 0.463 e. The van der Waals surface area contributed by atoms with Crippen molar-refractivity contribution in [1.82, 2.24) is 19.4 Å². The number of carbonyl (C=O) groups excluding carboxylic acids is 1. The number of amides is 1. The van der Waals surface area contributed by atoms with Crippen molar-refractivity contribution in [2.75, 3.05) is 5.43 Å². The highest BCUT2D eigenvalue weighted by molar-refractivity contribution is 7.16. The van der Waals surface area contributed by atoms with Crippen molar-refractivity contribution in [3.05, 3.63) is 87.1 Å². The Morgan fingerprint density at radius 2 is 2.00 bits per heavy atom. The molecule has 0 aliphatic heterocycles. The fourth-order valence-corrected chi connectivity index (χ4v) is 4.10. The molecule has 0 fully saturated rings. The predicted molar refractivity (Wildman–Crippen MR) is 119 cm³/mol. The smallest absolute Gasteiger partial charge is 0.290 e. The van der Waals surface area contributed by atoms with Gasteiger partial charge in [-0.15, -0.1) is 11.3 Å². The Morgan fingerprint density at radius 3 is 2.74 bits per heavy atom. The molecular weight excluding hydrogens is 438 g/mol. The van der Waals surface area contributed by atoms with Gasteiger partial charge in [-0.2, -0.15) is 5.10 Å². The molecule has 0 aliphatic carbocycles. The second-order valence-electron chi connectivity index (χ2n) is 6.66. The molecule has 0 saturated heterocycles. The molecule has 10 heteroatoms. The van der Waals surface area contributed by atoms with Crippen molar-refractivity contribution in [2.45, 2.75) is 6.92 Å². The highest BCUT2D eigenvalue weighted by atomic mass is 35.5. The molecular formula is C21H14ClN5O3S. The average molecular weight is 452 g/mol. The molecule has 8 nitrogen and oxygen atoms in total. The molecule has 1 aromatic carbocycles. The zero-order valence-electron chi connectivity index (χ0n) is 16.1. The third kappa shape index (κ3) is 3.43. The van der Waals surface area contributed by atoms with E-state index in [0.29, 0.717) is 38.2 Å². The summed E-state index contributed by atoms with van der Waals surface area (Å²) in [4.78, 5) is 30.7. The van der Waals surface area contributed by atoms with Gasteiger partial charge >= 0.3 is 0 Å². The molecule has 0 spiro atoms. The summed E-state index contributed by atoms with van der Waals surface area (Å²) in [6.45, 7) is 1.65. The maximum absolute atomic E-state index is 13.0. The quantitative estimate of drug-likeness (QED) is 0.440. The normalized spacial score (nSPS) is 11.2. The first-order chi connectivity index (χ1) is 15.0. The fraction of sp³-hybridized carbons (Fsp3) is 0.0476. The monoisotopic (exact) mass is 451 g/mol. The van der Waals surface area contributed by atoms with E-state index in [1.54, 1.807) is 71.8 Å². The maximum Gasteiger partial charge on any atom is 0.290 e. The molecule has 1 N–H and O–H groups in total. The highest BCUT2D eigenvalue weighted by Gasteiger charge is 2.20. The Labute approximate surface area is 184 Å². The van der Waals surface area contributed by atoms with Gasteiger partial charge in [-0.3, -0.25) is 15.0 Å². The van der Waals surface area contributed by atoms with Crippen molar-refractivity contribution < 1.29 is 9.21 Å². The first-order valence-corrected chi connectivity index (χ1v) is 10.4. The highest BCUT2D eigenvalue weighted by Crippen LogP contribution is 2.25. The summed E-state index contributed by atoms with van der Waals surface area (Å²) in [5, 5.41) is 7.25. The molecule has 5 rings (SSSR count). The van der Waals surface area contributed by atoms with Gasteiger partial charge in [0.25, 0.3) is 11.5 Å². The Bertz CT molecular complexity index is 1470. The lowest BCUT2D eigenvalue weighted by molar-refractivity contribution is 0.100. The predicted octanol–water partition coefficient (Wildman–Crippen LogP) is 4.25. The molecule has 0 saturated carbocycles. The first kappa shape index (κ1) is 19.3. The summed E-state index contributed by atoms with van der Waals surface area (Å²) in [5.41, 5.74) is 3.64. The minimum atomic E-state index is -0.554. The number of hydrogen-bond acceptors (Lipinski definition) is 6. The molecule has 4 aromatic heterocycles. The van der Waals surface area contributed by atoms with E-state index < -0.39 is 5.91 Å². The lowest BCUT2D eigenvalue weighted by Crippen LogP contribution is -2.35. The third-order valence-electron chi connectivity index (χ3n) is 4.67. The number of carbonyl (C=O) groups is 1. The van der Waals surface area contributed by atoms with Crippen LogP contribution in [0.15, 0.2) is 69.4 Å². The van der Waals surface area contributed by atoms with E-state index >= 15 is 0 Å². The number of aromatic nitrogens is 4.